The van der Waals surface area contributed by atoms with Crippen molar-refractivity contribution >= 4 is 11.9 Å². The maximum absolute atomic E-state index is 10.0. The van der Waals surface area contributed by atoms with E-state index >= 15 is 0 Å². The zero-order chi connectivity index (χ0) is 18.9. The van der Waals surface area contributed by atoms with Gasteiger partial charge in [-0.1, -0.05) is 48.5 Å². The van der Waals surface area contributed by atoms with Gasteiger partial charge in [-0.25, -0.2) is 0 Å². The molecule has 0 fully saturated rings. The standard InChI is InChI=1S/C19H24N2O5/c22-13-17(24)19(26)18(25)16(23)11-20-21(15-9-5-2-6-10-15)12-14-7-3-1-4-8-14/h1-11,16-19,22-26H,12-13H2/b20-11+/t16-,17-,18+,19-/m0/s1. The smallest absolute Gasteiger partial charge is 0.119 e. The van der Waals surface area contributed by atoms with Gasteiger partial charge < -0.3 is 25.5 Å². The second kappa shape index (κ2) is 10.0. The summed E-state index contributed by atoms with van der Waals surface area (Å²) in [4.78, 5) is 0. The summed E-state index contributed by atoms with van der Waals surface area (Å²) in [5.41, 5.74) is 1.78. The minimum atomic E-state index is -1.69. The van der Waals surface area contributed by atoms with Crippen molar-refractivity contribution in [2.24, 2.45) is 5.10 Å². The number of para-hydroxylation sites is 1. The van der Waals surface area contributed by atoms with Gasteiger partial charge in [0.25, 0.3) is 0 Å². The Kier molecular flexibility index (Phi) is 7.71. The Morgan fingerprint density at radius 2 is 1.42 bits per heavy atom. The lowest BCUT2D eigenvalue weighted by atomic mass is 10.0. The number of nitrogens with zero attached hydrogens (tertiary/aromatic N) is 2. The van der Waals surface area contributed by atoms with Crippen LogP contribution in [0, 0.1) is 0 Å². The van der Waals surface area contributed by atoms with Crippen LogP contribution in [0.4, 0.5) is 5.69 Å². The summed E-state index contributed by atoms with van der Waals surface area (Å²) < 4.78 is 0. The van der Waals surface area contributed by atoms with Crippen LogP contribution in [-0.4, -0.2) is 62.8 Å². The summed E-state index contributed by atoms with van der Waals surface area (Å²) in [6.07, 6.45) is -5.36. The highest BCUT2D eigenvalue weighted by Crippen LogP contribution is 2.17. The normalized spacial score (nSPS) is 16.2. The fraction of sp³-hybridized carbons (Fsp3) is 0.316. The molecule has 7 nitrogen and oxygen atoms in total. The number of hydrogen-bond acceptors (Lipinski definition) is 7. The molecule has 0 aliphatic carbocycles. The Hall–Kier alpha value is -2.29. The molecule has 0 bridgehead atoms. The zero-order valence-corrected chi connectivity index (χ0v) is 14.2. The second-order valence-electron chi connectivity index (χ2n) is 5.87. The van der Waals surface area contributed by atoms with E-state index in [1.807, 2.05) is 60.7 Å². The van der Waals surface area contributed by atoms with E-state index in [-0.39, 0.29) is 0 Å². The highest BCUT2D eigenvalue weighted by atomic mass is 16.4. The SMILES string of the molecule is OC[C@H](O)[C@H](O)[C@H](O)[C@@H](O)/C=N/N(Cc1ccccc1)c1ccccc1. The maximum Gasteiger partial charge on any atom is 0.119 e. The van der Waals surface area contributed by atoms with E-state index in [9.17, 15) is 20.4 Å². The van der Waals surface area contributed by atoms with Crippen LogP contribution in [-0.2, 0) is 6.54 Å². The molecule has 0 spiro atoms. The minimum absolute atomic E-state index is 0.436. The fourth-order valence-corrected chi connectivity index (χ4v) is 2.33. The van der Waals surface area contributed by atoms with Crippen LogP contribution in [0.2, 0.25) is 0 Å². The lowest BCUT2D eigenvalue weighted by molar-refractivity contribution is -0.0999. The van der Waals surface area contributed by atoms with E-state index in [1.165, 1.54) is 0 Å². The van der Waals surface area contributed by atoms with Crippen molar-refractivity contribution in [2.75, 3.05) is 11.6 Å². The monoisotopic (exact) mass is 360 g/mol. The quantitative estimate of drug-likeness (QED) is 0.320. The third kappa shape index (κ3) is 5.62. The van der Waals surface area contributed by atoms with Crippen molar-refractivity contribution < 1.29 is 25.5 Å². The van der Waals surface area contributed by atoms with Gasteiger partial charge in [0.2, 0.25) is 0 Å². The molecular formula is C19H24N2O5. The molecule has 0 saturated carbocycles. The van der Waals surface area contributed by atoms with Crippen LogP contribution in [0.25, 0.3) is 0 Å². The average molecular weight is 360 g/mol. The van der Waals surface area contributed by atoms with Crippen molar-refractivity contribution in [1.29, 1.82) is 0 Å². The molecule has 7 heteroatoms. The van der Waals surface area contributed by atoms with Gasteiger partial charge in [0.05, 0.1) is 25.1 Å². The van der Waals surface area contributed by atoms with Gasteiger partial charge in [-0.15, -0.1) is 0 Å². The molecular weight excluding hydrogens is 336 g/mol. The first-order chi connectivity index (χ1) is 12.5. The Morgan fingerprint density at radius 1 is 0.846 bits per heavy atom. The van der Waals surface area contributed by atoms with E-state index in [1.54, 1.807) is 5.01 Å². The second-order valence-corrected chi connectivity index (χ2v) is 5.87. The minimum Gasteiger partial charge on any atom is -0.394 e. The van der Waals surface area contributed by atoms with E-state index in [2.05, 4.69) is 5.10 Å². The number of anilines is 1. The summed E-state index contributed by atoms with van der Waals surface area (Å²) in [7, 11) is 0. The number of aliphatic hydroxyl groups excluding tert-OH is 5. The van der Waals surface area contributed by atoms with Gasteiger partial charge in [0.1, 0.15) is 24.4 Å². The molecule has 0 aliphatic rings. The molecule has 2 aromatic rings. The van der Waals surface area contributed by atoms with Gasteiger partial charge in [-0.3, -0.25) is 5.01 Å². The van der Waals surface area contributed by atoms with Gasteiger partial charge in [-0.2, -0.15) is 5.10 Å². The van der Waals surface area contributed by atoms with Crippen molar-refractivity contribution in [3.05, 3.63) is 66.2 Å². The molecule has 2 rings (SSSR count). The van der Waals surface area contributed by atoms with E-state index in [4.69, 9.17) is 5.11 Å². The molecule has 5 N–H and O–H groups in total. The molecule has 140 valence electrons. The molecule has 0 unspecified atom stereocenters. The van der Waals surface area contributed by atoms with Crippen LogP contribution in [0.15, 0.2) is 65.8 Å². The molecule has 4 atom stereocenters. The van der Waals surface area contributed by atoms with Crippen molar-refractivity contribution in [2.45, 2.75) is 31.0 Å². The fourth-order valence-electron chi connectivity index (χ4n) is 2.33. The molecule has 0 saturated heterocycles. The van der Waals surface area contributed by atoms with E-state index in [0.717, 1.165) is 17.5 Å². The number of hydrogen-bond donors (Lipinski definition) is 5. The third-order valence-electron chi connectivity index (χ3n) is 3.87. The van der Waals surface area contributed by atoms with Gasteiger partial charge >= 0.3 is 0 Å². The van der Waals surface area contributed by atoms with Crippen molar-refractivity contribution in [1.82, 2.24) is 0 Å². The zero-order valence-electron chi connectivity index (χ0n) is 14.2. The first-order valence-electron chi connectivity index (χ1n) is 8.26. The predicted octanol–water partition coefficient (Wildman–Crippen LogP) is 0.115. The van der Waals surface area contributed by atoms with Crippen molar-refractivity contribution in [3.8, 4) is 0 Å². The topological polar surface area (TPSA) is 117 Å². The van der Waals surface area contributed by atoms with Crippen molar-refractivity contribution in [3.63, 3.8) is 0 Å². The number of hydrazone groups is 1. The van der Waals surface area contributed by atoms with Crippen LogP contribution >= 0.6 is 0 Å². The molecule has 2 aromatic carbocycles. The largest absolute Gasteiger partial charge is 0.394 e. The lowest BCUT2D eigenvalue weighted by Crippen LogP contribution is -2.46. The number of aliphatic hydroxyl groups is 5. The third-order valence-corrected chi connectivity index (χ3v) is 3.87. The van der Waals surface area contributed by atoms with Gasteiger partial charge in [-0.05, 0) is 17.7 Å². The Balaban J connectivity index is 2.14. The molecule has 0 aromatic heterocycles. The first-order valence-corrected chi connectivity index (χ1v) is 8.26. The summed E-state index contributed by atoms with van der Waals surface area (Å²) in [5.74, 6) is 0. The predicted molar refractivity (Wildman–Crippen MR) is 98.7 cm³/mol. The molecule has 0 radical (unpaired) electrons. The lowest BCUT2D eigenvalue weighted by Gasteiger charge is -2.24. The summed E-state index contributed by atoms with van der Waals surface area (Å²) in [5, 5.41) is 53.6. The van der Waals surface area contributed by atoms with Crippen LogP contribution in [0.3, 0.4) is 0 Å². The average Bonchev–Trinajstić information content (AvgIpc) is 2.70. The molecule has 0 amide bonds. The Bertz CT molecular complexity index is 668. The summed E-state index contributed by atoms with van der Waals surface area (Å²) in [6, 6.07) is 18.9. The Labute approximate surface area is 152 Å². The van der Waals surface area contributed by atoms with Gasteiger partial charge in [0, 0.05) is 0 Å². The highest BCUT2D eigenvalue weighted by molar-refractivity contribution is 5.66. The first kappa shape index (κ1) is 20.0. The molecule has 26 heavy (non-hydrogen) atoms. The number of rotatable bonds is 9. The molecule has 0 aliphatic heterocycles. The molecule has 0 heterocycles. The highest BCUT2D eigenvalue weighted by Gasteiger charge is 2.29. The van der Waals surface area contributed by atoms with E-state index in [0.29, 0.717) is 6.54 Å². The maximum atomic E-state index is 10.0. The Morgan fingerprint density at radius 3 is 2.00 bits per heavy atom. The van der Waals surface area contributed by atoms with E-state index < -0.39 is 31.0 Å². The number of benzene rings is 2. The summed E-state index contributed by atoms with van der Waals surface area (Å²) in [6.45, 7) is -0.293. The van der Waals surface area contributed by atoms with Gasteiger partial charge in [0.15, 0.2) is 0 Å². The van der Waals surface area contributed by atoms with Crippen LogP contribution in [0.1, 0.15) is 5.56 Å². The van der Waals surface area contributed by atoms with Crippen LogP contribution < -0.4 is 5.01 Å². The van der Waals surface area contributed by atoms with Crippen LogP contribution in [0.5, 0.6) is 0 Å². The summed E-state index contributed by atoms with van der Waals surface area (Å²) >= 11 is 0.